The van der Waals surface area contributed by atoms with Crippen LogP contribution in [0.3, 0.4) is 0 Å². The predicted octanol–water partition coefficient (Wildman–Crippen LogP) is -14.7. The maximum atomic E-state index is 10.2. The van der Waals surface area contributed by atoms with Gasteiger partial charge in [-0.15, -0.1) is 0 Å². The Labute approximate surface area is 176 Å². The van der Waals surface area contributed by atoms with Crippen LogP contribution in [-0.4, -0.2) is 46.4 Å². The van der Waals surface area contributed by atoms with Gasteiger partial charge in [0.05, 0.1) is 13.1 Å². The quantitative estimate of drug-likeness (QED) is 0.361. The van der Waals surface area contributed by atoms with E-state index in [1.54, 1.807) is 0 Å². The van der Waals surface area contributed by atoms with E-state index in [1.807, 2.05) is 0 Å². The molecule has 18 heavy (non-hydrogen) atoms. The molecule has 0 aliphatic carbocycles. The molecule has 0 bridgehead atoms. The number of rotatable bonds is 6. The molecule has 8 nitrogen and oxygen atoms in total. The number of nitrogens with zero attached hydrogens (tertiary/aromatic N) is 1. The van der Waals surface area contributed by atoms with Gasteiger partial charge in [0.25, 0.3) is 0 Å². The first-order chi connectivity index (χ1) is 6.20. The first kappa shape index (κ1) is 32.3. The van der Waals surface area contributed by atoms with Gasteiger partial charge in [0.1, 0.15) is 0 Å². The van der Waals surface area contributed by atoms with Crippen molar-refractivity contribution in [3.8, 4) is 0 Å². The summed E-state index contributed by atoms with van der Waals surface area (Å²) < 4.78 is 10.2. The number of carboxylic acid groups (broad SMARTS) is 2. The van der Waals surface area contributed by atoms with Crippen molar-refractivity contribution in [3.63, 3.8) is 0 Å². The molecule has 0 amide bonds. The fourth-order valence-electron chi connectivity index (χ4n) is 0.783. The van der Waals surface area contributed by atoms with Gasteiger partial charge in [-0.1, -0.05) is 7.60 Å². The Hall–Kier alpha value is 2.34. The molecule has 0 atom stereocenters. The minimum atomic E-state index is -4.94. The van der Waals surface area contributed by atoms with E-state index in [-0.39, 0.29) is 101 Å². The SMILES string of the molecule is O=C(O)CN(CC(=O)O)CP(=O)([O-])[O-].[Cl-].[Na+].[Na+].[Na+]. The number of carbonyl (C=O) groups is 2. The van der Waals surface area contributed by atoms with Gasteiger partial charge in [-0.05, 0) is 0 Å². The Morgan fingerprint density at radius 3 is 1.44 bits per heavy atom. The molecule has 0 radical (unpaired) electrons. The van der Waals surface area contributed by atoms with E-state index in [1.165, 1.54) is 0 Å². The fraction of sp³-hybridized carbons (Fsp3) is 0.600. The molecule has 0 aromatic carbocycles. The number of hydrogen-bond acceptors (Lipinski definition) is 6. The van der Waals surface area contributed by atoms with E-state index in [9.17, 15) is 23.9 Å². The minimum absolute atomic E-state index is 0. The second-order valence-corrected chi connectivity index (χ2v) is 4.03. The van der Waals surface area contributed by atoms with Gasteiger partial charge in [-0.2, -0.15) is 0 Å². The molecule has 0 rings (SSSR count). The zero-order valence-corrected chi connectivity index (χ0v) is 18.0. The van der Waals surface area contributed by atoms with Crippen LogP contribution in [0.2, 0.25) is 0 Å². The first-order valence-corrected chi connectivity index (χ1v) is 5.10. The van der Waals surface area contributed by atoms with Crippen molar-refractivity contribution in [2.45, 2.75) is 0 Å². The Morgan fingerprint density at radius 1 is 1.00 bits per heavy atom. The molecular weight excluding hydrogens is 321 g/mol. The van der Waals surface area contributed by atoms with Crippen LogP contribution < -0.4 is 111 Å². The Bertz CT molecular complexity index is 272. The van der Waals surface area contributed by atoms with Crippen LogP contribution in [-0.2, 0) is 14.2 Å². The van der Waals surface area contributed by atoms with Crippen LogP contribution in [0.4, 0.5) is 0 Å². The van der Waals surface area contributed by atoms with E-state index < -0.39 is 38.9 Å². The largest absolute Gasteiger partial charge is 1.00 e. The first-order valence-electron chi connectivity index (χ1n) is 3.38. The standard InChI is InChI=1S/C5H10NO7P.ClH.3Na/c7-4(8)1-6(2-5(9)10)3-14(11,12)13;;;;/h1-3H2,(H,7,8)(H,9,10)(H2,11,12,13);1H;;;/q;;3*+1/p-3. The fourth-order valence-corrected chi connectivity index (χ4v) is 1.47. The summed E-state index contributed by atoms with van der Waals surface area (Å²) in [5.41, 5.74) is 0. The summed E-state index contributed by atoms with van der Waals surface area (Å²) in [6.45, 7) is -1.61. The monoisotopic (exact) mass is 329 g/mol. The van der Waals surface area contributed by atoms with Gasteiger partial charge >= 0.3 is 101 Å². The average Bonchev–Trinajstić information content (AvgIpc) is 1.77. The van der Waals surface area contributed by atoms with Crippen LogP contribution >= 0.6 is 7.60 Å². The molecule has 0 aliphatic rings. The molecule has 0 aromatic heterocycles. The van der Waals surface area contributed by atoms with Crippen molar-refractivity contribution in [2.75, 3.05) is 19.4 Å². The molecule has 0 unspecified atom stereocenters. The minimum Gasteiger partial charge on any atom is -1.00 e. The summed E-state index contributed by atoms with van der Waals surface area (Å²) in [4.78, 5) is 41.3. The van der Waals surface area contributed by atoms with Crippen molar-refractivity contribution < 1.29 is 135 Å². The zero-order chi connectivity index (χ0) is 11.4. The topological polar surface area (TPSA) is 141 Å². The normalized spacial score (nSPS) is 9.06. The van der Waals surface area contributed by atoms with Crippen molar-refractivity contribution in [1.82, 2.24) is 4.90 Å². The summed E-state index contributed by atoms with van der Waals surface area (Å²) in [6.07, 6.45) is -1.11. The third-order valence-corrected chi connectivity index (χ3v) is 1.84. The van der Waals surface area contributed by atoms with Crippen LogP contribution in [0.15, 0.2) is 0 Å². The molecule has 0 aromatic rings. The van der Waals surface area contributed by atoms with Gasteiger partial charge in [0.2, 0.25) is 0 Å². The molecule has 90 valence electrons. The van der Waals surface area contributed by atoms with Gasteiger partial charge in [0.15, 0.2) is 0 Å². The van der Waals surface area contributed by atoms with E-state index in [0.717, 1.165) is 0 Å². The Morgan fingerprint density at radius 2 is 1.28 bits per heavy atom. The number of aliphatic carboxylic acids is 2. The summed E-state index contributed by atoms with van der Waals surface area (Å²) in [5, 5.41) is 16.5. The van der Waals surface area contributed by atoms with Gasteiger partial charge < -0.3 is 37.0 Å². The predicted molar refractivity (Wildman–Crippen MR) is 39.3 cm³/mol. The molecule has 0 heterocycles. The molecule has 0 aliphatic heterocycles. The van der Waals surface area contributed by atoms with Crippen molar-refractivity contribution >= 4 is 19.5 Å². The van der Waals surface area contributed by atoms with E-state index >= 15 is 0 Å². The summed E-state index contributed by atoms with van der Waals surface area (Å²) >= 11 is 0. The average molecular weight is 330 g/mol. The zero-order valence-electron chi connectivity index (χ0n) is 10.3. The number of halogens is 1. The maximum Gasteiger partial charge on any atom is 1.00 e. The van der Waals surface area contributed by atoms with E-state index in [2.05, 4.69) is 0 Å². The summed E-state index contributed by atoms with van der Waals surface area (Å²) in [5.74, 6) is -2.81. The van der Waals surface area contributed by atoms with E-state index in [0.29, 0.717) is 4.90 Å². The molecule has 0 fully saturated rings. The maximum absolute atomic E-state index is 10.2. The molecule has 0 saturated heterocycles. The molecular formula is C5H8ClNNa3O7P. The number of hydrogen-bond donors (Lipinski definition) is 2. The number of carboxylic acids is 2. The van der Waals surface area contributed by atoms with Crippen LogP contribution in [0.5, 0.6) is 0 Å². The van der Waals surface area contributed by atoms with Gasteiger partial charge in [-0.3, -0.25) is 14.5 Å². The van der Waals surface area contributed by atoms with Crippen LogP contribution in [0.25, 0.3) is 0 Å². The second-order valence-electron chi connectivity index (χ2n) is 2.53. The van der Waals surface area contributed by atoms with Crippen LogP contribution in [0, 0.1) is 0 Å². The third kappa shape index (κ3) is 23.4. The smallest absolute Gasteiger partial charge is 1.00 e. The van der Waals surface area contributed by atoms with Crippen molar-refractivity contribution in [1.29, 1.82) is 0 Å². The van der Waals surface area contributed by atoms with E-state index in [4.69, 9.17) is 10.2 Å². The summed E-state index contributed by atoms with van der Waals surface area (Å²) in [6, 6.07) is 0. The van der Waals surface area contributed by atoms with Crippen molar-refractivity contribution in [3.05, 3.63) is 0 Å². The Kier molecular flexibility index (Phi) is 28.2. The van der Waals surface area contributed by atoms with Crippen molar-refractivity contribution in [2.24, 2.45) is 0 Å². The van der Waals surface area contributed by atoms with Gasteiger partial charge in [0, 0.05) is 6.29 Å². The molecule has 2 N–H and O–H groups in total. The Balaban J connectivity index is -0.000000141. The third-order valence-electron chi connectivity index (χ3n) is 1.09. The summed E-state index contributed by atoms with van der Waals surface area (Å²) in [7, 11) is -4.94. The van der Waals surface area contributed by atoms with Gasteiger partial charge in [-0.25, -0.2) is 0 Å². The molecule has 0 spiro atoms. The molecule has 0 saturated carbocycles. The second kappa shape index (κ2) is 15.7. The van der Waals surface area contributed by atoms with Crippen LogP contribution in [0.1, 0.15) is 0 Å². The molecule has 13 heteroatoms.